The van der Waals surface area contributed by atoms with E-state index in [-0.39, 0.29) is 19.5 Å². The van der Waals surface area contributed by atoms with Crippen LogP contribution >= 0.6 is 7.26 Å². The molecule has 0 atom stereocenters. The van der Waals surface area contributed by atoms with Gasteiger partial charge >= 0.3 is 62.9 Å². The minimum Gasteiger partial charge on any atom is 0 e. The number of hydrogen-bond acceptors (Lipinski definition) is 0. The van der Waals surface area contributed by atoms with Crippen LogP contribution in [0, 0.1) is 0 Å². The molecule has 0 saturated carbocycles. The molecule has 0 unspecified atom stereocenters. The van der Waals surface area contributed by atoms with E-state index in [1.54, 1.807) is 0 Å². The molecule has 1 aromatic rings. The molecule has 0 nitrogen and oxygen atoms in total. The zero-order valence-electron chi connectivity index (χ0n) is 7.24. The van der Waals surface area contributed by atoms with Gasteiger partial charge in [0, 0.05) is 19.5 Å². The van der Waals surface area contributed by atoms with Gasteiger partial charge in [-0.2, -0.15) is 0 Å². The molecule has 1 aromatic carbocycles. The van der Waals surface area contributed by atoms with Gasteiger partial charge in [0.15, 0.2) is 0 Å². The van der Waals surface area contributed by atoms with Crippen molar-refractivity contribution in [2.24, 2.45) is 0 Å². The van der Waals surface area contributed by atoms with Gasteiger partial charge in [0.1, 0.15) is 0 Å². The fourth-order valence-corrected chi connectivity index (χ4v) is 2.13. The molecule has 0 aliphatic rings. The second-order valence-corrected chi connectivity index (χ2v) is 8.69. The van der Waals surface area contributed by atoms with Crippen LogP contribution in [0.2, 0.25) is 0 Å². The Kier molecular flexibility index (Phi) is 4.44. The summed E-state index contributed by atoms with van der Waals surface area (Å²) in [4.78, 5) is 0. The summed E-state index contributed by atoms with van der Waals surface area (Å²) >= 11 is 0. The molecule has 0 saturated heterocycles. The first-order valence-corrected chi connectivity index (χ1v) is 7.16. The van der Waals surface area contributed by atoms with E-state index in [0.717, 1.165) is 0 Å². The van der Waals surface area contributed by atoms with Gasteiger partial charge in [0.2, 0.25) is 0 Å². The summed E-state index contributed by atoms with van der Waals surface area (Å²) in [5.41, 5.74) is 0. The molecule has 0 aliphatic heterocycles. The van der Waals surface area contributed by atoms with Crippen molar-refractivity contribution in [2.45, 2.75) is 0 Å². The molecule has 0 aromatic heterocycles. The maximum atomic E-state index is 2.36. The molecule has 11 heavy (non-hydrogen) atoms. The van der Waals surface area contributed by atoms with Crippen LogP contribution in [0.15, 0.2) is 30.3 Å². The molecule has 0 aliphatic carbocycles. The van der Waals surface area contributed by atoms with E-state index in [1.807, 2.05) is 0 Å². The van der Waals surface area contributed by atoms with Gasteiger partial charge in [-0.15, -0.1) is 0 Å². The summed E-state index contributed by atoms with van der Waals surface area (Å²) in [6.07, 6.45) is 0. The first-order valence-electron chi connectivity index (χ1n) is 3.66. The summed E-state index contributed by atoms with van der Waals surface area (Å²) < 4.78 is 0. The second-order valence-electron chi connectivity index (χ2n) is 3.62. The van der Waals surface area contributed by atoms with Gasteiger partial charge < -0.3 is 0 Å². The van der Waals surface area contributed by atoms with Crippen molar-refractivity contribution in [3.8, 4) is 0 Å². The summed E-state index contributed by atoms with van der Waals surface area (Å²) in [5, 5.41) is 1.54. The molecule has 0 bridgehead atoms. The van der Waals surface area contributed by atoms with Crippen LogP contribution in [0.3, 0.4) is 0 Å². The van der Waals surface area contributed by atoms with Gasteiger partial charge in [-0.25, -0.2) is 0 Å². The molecular formula is C9H15PRu. The van der Waals surface area contributed by atoms with Crippen LogP contribution < -0.4 is 5.30 Å². The minimum atomic E-state index is -1.03. The summed E-state index contributed by atoms with van der Waals surface area (Å²) in [6.45, 7) is 7.09. The van der Waals surface area contributed by atoms with Gasteiger partial charge in [-0.3, -0.25) is 0 Å². The Balaban J connectivity index is 0.000001000. The van der Waals surface area contributed by atoms with Crippen LogP contribution in [-0.4, -0.2) is 20.0 Å². The maximum absolute atomic E-state index is 2.36. The number of rotatable bonds is 1. The first-order chi connectivity index (χ1) is 4.61. The smallest absolute Gasteiger partial charge is 0 e. The Morgan fingerprint density at radius 3 is 1.64 bits per heavy atom. The molecule has 0 radical (unpaired) electrons. The Hall–Kier alpha value is 0.273. The average molecular weight is 255 g/mol. The molecular weight excluding hydrogens is 240 g/mol. The van der Waals surface area contributed by atoms with E-state index in [1.165, 1.54) is 5.30 Å². The quantitative estimate of drug-likeness (QED) is 0.531. The van der Waals surface area contributed by atoms with Gasteiger partial charge in [0.05, 0.1) is 0 Å². The number of hydrogen-bond donors (Lipinski definition) is 0. The molecule has 1 rings (SSSR count). The van der Waals surface area contributed by atoms with Crippen LogP contribution in [0.4, 0.5) is 0 Å². The average Bonchev–Trinajstić information content (AvgIpc) is 1.88. The van der Waals surface area contributed by atoms with Crippen molar-refractivity contribution in [3.05, 3.63) is 30.3 Å². The third-order valence-corrected chi connectivity index (χ3v) is 3.71. The van der Waals surface area contributed by atoms with E-state index in [9.17, 15) is 0 Å². The Bertz CT molecular complexity index is 201. The van der Waals surface area contributed by atoms with Crippen molar-refractivity contribution < 1.29 is 19.5 Å². The van der Waals surface area contributed by atoms with Crippen LogP contribution in [0.1, 0.15) is 0 Å². The standard InChI is InChI=1S/C9H15P.Ru/c1-10(2,3)9-7-5-4-6-8-9;/h4-8,10H,1-3H3;. The second kappa shape index (κ2) is 4.34. The normalized spacial score (nSPS) is 11.9. The van der Waals surface area contributed by atoms with Crippen molar-refractivity contribution in [1.29, 1.82) is 0 Å². The van der Waals surface area contributed by atoms with E-state index in [4.69, 9.17) is 0 Å². The summed E-state index contributed by atoms with van der Waals surface area (Å²) in [5.74, 6) is 0. The molecule has 2 heteroatoms. The Labute approximate surface area is 82.5 Å². The van der Waals surface area contributed by atoms with Crippen LogP contribution in [0.25, 0.3) is 0 Å². The third-order valence-electron chi connectivity index (χ3n) is 1.64. The fourth-order valence-electron chi connectivity index (χ4n) is 0.938. The topological polar surface area (TPSA) is 0 Å². The molecule has 0 heterocycles. The molecule has 0 N–H and O–H groups in total. The molecule has 0 fully saturated rings. The van der Waals surface area contributed by atoms with E-state index in [0.29, 0.717) is 0 Å². The molecule has 64 valence electrons. The van der Waals surface area contributed by atoms with Crippen molar-refractivity contribution >= 4 is 12.6 Å². The zero-order valence-corrected chi connectivity index (χ0v) is 9.98. The Morgan fingerprint density at radius 2 is 1.36 bits per heavy atom. The van der Waals surface area contributed by atoms with Crippen LogP contribution in [-0.2, 0) is 19.5 Å². The minimum absolute atomic E-state index is 0. The fraction of sp³-hybridized carbons (Fsp3) is 0.333. The zero-order chi connectivity index (χ0) is 7.61. The number of benzene rings is 1. The third kappa shape index (κ3) is 3.45. The van der Waals surface area contributed by atoms with Crippen LogP contribution in [0.5, 0.6) is 0 Å². The molecule has 0 amide bonds. The predicted octanol–water partition coefficient (Wildman–Crippen LogP) is 1.95. The summed E-state index contributed by atoms with van der Waals surface area (Å²) in [7, 11) is -1.03. The van der Waals surface area contributed by atoms with Crippen molar-refractivity contribution in [3.63, 3.8) is 0 Å². The largest absolute Gasteiger partial charge is 0 e. The van der Waals surface area contributed by atoms with E-state index in [2.05, 4.69) is 50.3 Å². The Morgan fingerprint density at radius 1 is 0.909 bits per heavy atom. The maximum Gasteiger partial charge on any atom is 0 e. The SMILES string of the molecule is C[PH](C)(C)c1ccccc1.[Ru]. The van der Waals surface area contributed by atoms with Gasteiger partial charge in [-0.05, 0) is 0 Å². The van der Waals surface area contributed by atoms with Gasteiger partial charge in [-0.1, -0.05) is 0 Å². The summed E-state index contributed by atoms with van der Waals surface area (Å²) in [6, 6.07) is 10.8. The van der Waals surface area contributed by atoms with Gasteiger partial charge in [0.25, 0.3) is 0 Å². The van der Waals surface area contributed by atoms with Crippen molar-refractivity contribution in [1.82, 2.24) is 0 Å². The van der Waals surface area contributed by atoms with Crippen molar-refractivity contribution in [2.75, 3.05) is 20.0 Å². The molecule has 0 spiro atoms. The van der Waals surface area contributed by atoms with E-state index >= 15 is 0 Å². The predicted molar refractivity (Wildman–Crippen MR) is 52.2 cm³/mol. The monoisotopic (exact) mass is 256 g/mol. The first kappa shape index (κ1) is 11.3. The van der Waals surface area contributed by atoms with E-state index < -0.39 is 7.26 Å².